The lowest BCUT2D eigenvalue weighted by Crippen LogP contribution is -1.94. The van der Waals surface area contributed by atoms with Gasteiger partial charge < -0.3 is 5.32 Å². The first kappa shape index (κ1) is 11.5. The number of anilines is 2. The fourth-order valence-electron chi connectivity index (χ4n) is 1.67. The van der Waals surface area contributed by atoms with Crippen molar-refractivity contribution in [2.45, 2.75) is 0 Å². The zero-order chi connectivity index (χ0) is 12.5. The van der Waals surface area contributed by atoms with Crippen molar-refractivity contribution in [3.05, 3.63) is 46.0 Å². The van der Waals surface area contributed by atoms with Gasteiger partial charge in [-0.25, -0.2) is 4.98 Å². The number of benzene rings is 1. The quantitative estimate of drug-likeness (QED) is 0.746. The Balaban J connectivity index is 2.00. The summed E-state index contributed by atoms with van der Waals surface area (Å²) in [7, 11) is 0. The first-order valence-electron chi connectivity index (χ1n) is 5.25. The molecule has 0 amide bonds. The zero-order valence-corrected chi connectivity index (χ0v) is 11.5. The molecule has 3 aromatic rings. The molecule has 0 radical (unpaired) electrons. The Labute approximate surface area is 117 Å². The lowest BCUT2D eigenvalue weighted by atomic mass is 10.2. The van der Waals surface area contributed by atoms with E-state index >= 15 is 0 Å². The van der Waals surface area contributed by atoms with Crippen molar-refractivity contribution >= 4 is 50.1 Å². The van der Waals surface area contributed by atoms with Crippen LogP contribution in [-0.2, 0) is 0 Å². The number of halogens is 2. The summed E-state index contributed by atoms with van der Waals surface area (Å²) in [5, 5.41) is 11.6. The lowest BCUT2D eigenvalue weighted by Gasteiger charge is -2.04. The van der Waals surface area contributed by atoms with Gasteiger partial charge in [-0.1, -0.05) is 23.7 Å². The number of pyridine rings is 1. The number of fused-ring (bicyclic) bond motifs is 1. The van der Waals surface area contributed by atoms with E-state index in [1.165, 1.54) is 0 Å². The van der Waals surface area contributed by atoms with Gasteiger partial charge in [-0.2, -0.15) is 5.10 Å². The van der Waals surface area contributed by atoms with Crippen molar-refractivity contribution in [1.82, 2.24) is 15.2 Å². The van der Waals surface area contributed by atoms with Crippen LogP contribution in [-0.4, -0.2) is 15.2 Å². The second-order valence-electron chi connectivity index (χ2n) is 3.73. The Bertz CT molecular complexity index is 710. The molecule has 0 saturated carbocycles. The minimum atomic E-state index is 0.638. The second-order valence-corrected chi connectivity index (χ2v) is 5.00. The minimum Gasteiger partial charge on any atom is -0.323 e. The van der Waals surface area contributed by atoms with E-state index in [1.54, 1.807) is 0 Å². The third kappa shape index (κ3) is 2.19. The maximum atomic E-state index is 6.12. The predicted octanol–water partition coefficient (Wildman–Crippen LogP) is 4.12. The molecule has 90 valence electrons. The molecule has 2 aromatic heterocycles. The van der Waals surface area contributed by atoms with Crippen molar-refractivity contribution in [3.8, 4) is 0 Å². The van der Waals surface area contributed by atoms with E-state index in [9.17, 15) is 0 Å². The minimum absolute atomic E-state index is 0.638. The highest BCUT2D eigenvalue weighted by molar-refractivity contribution is 9.10. The van der Waals surface area contributed by atoms with Crippen LogP contribution in [0.4, 0.5) is 11.6 Å². The molecule has 0 spiro atoms. The van der Waals surface area contributed by atoms with Crippen LogP contribution in [0.3, 0.4) is 0 Å². The number of hydrogen-bond acceptors (Lipinski definition) is 3. The van der Waals surface area contributed by atoms with E-state index in [-0.39, 0.29) is 0 Å². The highest BCUT2D eigenvalue weighted by atomic mass is 79.9. The van der Waals surface area contributed by atoms with E-state index < -0.39 is 0 Å². The zero-order valence-electron chi connectivity index (χ0n) is 9.11. The van der Waals surface area contributed by atoms with E-state index in [0.717, 1.165) is 15.5 Å². The lowest BCUT2D eigenvalue weighted by molar-refractivity contribution is 1.07. The highest BCUT2D eigenvalue weighted by Gasteiger charge is 2.04. The number of aromatic amines is 1. The molecule has 0 fully saturated rings. The molecule has 18 heavy (non-hydrogen) atoms. The summed E-state index contributed by atoms with van der Waals surface area (Å²) < 4.78 is 0.809. The fraction of sp³-hybridized carbons (Fsp3) is 0. The van der Waals surface area contributed by atoms with E-state index in [0.29, 0.717) is 16.7 Å². The molecule has 4 nitrogen and oxygen atoms in total. The molecule has 2 heterocycles. The van der Waals surface area contributed by atoms with Gasteiger partial charge >= 0.3 is 0 Å². The first-order chi connectivity index (χ1) is 8.72. The van der Waals surface area contributed by atoms with Gasteiger partial charge in [0.15, 0.2) is 5.82 Å². The molecule has 0 bridgehead atoms. The molecular formula is C12H8BrClN4. The summed E-state index contributed by atoms with van der Waals surface area (Å²) in [4.78, 5) is 4.47. The fourth-order valence-corrected chi connectivity index (χ4v) is 2.20. The van der Waals surface area contributed by atoms with Crippen LogP contribution in [0.25, 0.3) is 10.9 Å². The summed E-state index contributed by atoms with van der Waals surface area (Å²) in [5.41, 5.74) is 0.777. The number of nitrogens with zero attached hydrogens (tertiary/aromatic N) is 2. The second kappa shape index (κ2) is 4.59. The van der Waals surface area contributed by atoms with Crippen LogP contribution in [0.15, 0.2) is 41.0 Å². The Morgan fingerprint density at radius 1 is 1.17 bits per heavy atom. The number of rotatable bonds is 2. The molecule has 0 aliphatic heterocycles. The molecule has 6 heteroatoms. The third-order valence-corrected chi connectivity index (χ3v) is 3.18. The van der Waals surface area contributed by atoms with E-state index in [4.69, 9.17) is 11.6 Å². The van der Waals surface area contributed by atoms with Crippen molar-refractivity contribution < 1.29 is 0 Å². The molecule has 0 saturated heterocycles. The summed E-state index contributed by atoms with van der Waals surface area (Å²) in [6.07, 6.45) is 0. The molecule has 0 atom stereocenters. The maximum Gasteiger partial charge on any atom is 0.154 e. The molecule has 3 rings (SSSR count). The summed E-state index contributed by atoms with van der Waals surface area (Å²) in [6.45, 7) is 0. The van der Waals surface area contributed by atoms with Crippen molar-refractivity contribution in [2.24, 2.45) is 0 Å². The van der Waals surface area contributed by atoms with Gasteiger partial charge in [0, 0.05) is 11.5 Å². The van der Waals surface area contributed by atoms with Crippen LogP contribution in [0, 0.1) is 0 Å². The first-order valence-corrected chi connectivity index (χ1v) is 6.43. The number of aromatic nitrogens is 3. The SMILES string of the molecule is Clc1cccc2ccc(Nc3cc(Br)[nH]n3)nc12. The summed E-state index contributed by atoms with van der Waals surface area (Å²) in [5.74, 6) is 1.40. The van der Waals surface area contributed by atoms with Gasteiger partial charge in [-0.05, 0) is 34.1 Å². The largest absolute Gasteiger partial charge is 0.323 e. The average molecular weight is 324 g/mol. The summed E-state index contributed by atoms with van der Waals surface area (Å²) in [6, 6.07) is 11.4. The van der Waals surface area contributed by atoms with Crippen LogP contribution in [0.5, 0.6) is 0 Å². The monoisotopic (exact) mass is 322 g/mol. The highest BCUT2D eigenvalue weighted by Crippen LogP contribution is 2.24. The third-order valence-electron chi connectivity index (χ3n) is 2.47. The van der Waals surface area contributed by atoms with Crippen molar-refractivity contribution in [3.63, 3.8) is 0 Å². The topological polar surface area (TPSA) is 53.6 Å². The van der Waals surface area contributed by atoms with E-state index in [2.05, 4.69) is 36.4 Å². The van der Waals surface area contributed by atoms with Gasteiger partial charge in [0.25, 0.3) is 0 Å². The van der Waals surface area contributed by atoms with Crippen LogP contribution < -0.4 is 5.32 Å². The molecule has 0 aliphatic carbocycles. The smallest absolute Gasteiger partial charge is 0.154 e. The molecule has 2 N–H and O–H groups in total. The average Bonchev–Trinajstić information content (AvgIpc) is 2.76. The Morgan fingerprint density at radius 3 is 2.83 bits per heavy atom. The summed E-state index contributed by atoms with van der Waals surface area (Å²) >= 11 is 9.41. The standard InChI is InChI=1S/C12H8BrClN4/c13-9-6-11(18-17-9)15-10-5-4-7-2-1-3-8(14)12(7)16-10/h1-6H,(H2,15,16,17,18). The molecular weight excluding hydrogens is 316 g/mol. The van der Waals surface area contributed by atoms with Crippen molar-refractivity contribution in [1.29, 1.82) is 0 Å². The maximum absolute atomic E-state index is 6.12. The molecule has 0 aliphatic rings. The van der Waals surface area contributed by atoms with Crippen LogP contribution in [0.2, 0.25) is 5.02 Å². The molecule has 0 unspecified atom stereocenters. The van der Waals surface area contributed by atoms with Gasteiger partial charge in [-0.15, -0.1) is 0 Å². The van der Waals surface area contributed by atoms with Gasteiger partial charge in [0.05, 0.1) is 10.5 Å². The van der Waals surface area contributed by atoms with Gasteiger partial charge in [0.1, 0.15) is 10.4 Å². The normalized spacial score (nSPS) is 10.8. The number of nitrogens with one attached hydrogen (secondary N) is 2. The molecule has 1 aromatic carbocycles. The van der Waals surface area contributed by atoms with Crippen molar-refractivity contribution in [2.75, 3.05) is 5.32 Å². The Morgan fingerprint density at radius 2 is 2.06 bits per heavy atom. The van der Waals surface area contributed by atoms with Gasteiger partial charge in [-0.3, -0.25) is 5.10 Å². The van der Waals surface area contributed by atoms with Gasteiger partial charge in [0.2, 0.25) is 0 Å². The van der Waals surface area contributed by atoms with Crippen LogP contribution in [0.1, 0.15) is 0 Å². The van der Waals surface area contributed by atoms with Crippen LogP contribution >= 0.6 is 27.5 Å². The number of para-hydroxylation sites is 1. The predicted molar refractivity (Wildman–Crippen MR) is 76.3 cm³/mol. The number of H-pyrrole nitrogens is 1. The Kier molecular flexibility index (Phi) is 2.93. The van der Waals surface area contributed by atoms with E-state index in [1.807, 2.05) is 36.4 Å². The number of hydrogen-bond donors (Lipinski definition) is 2. The Hall–Kier alpha value is -1.59.